The topological polar surface area (TPSA) is 76.0 Å². The molecule has 0 radical (unpaired) electrons. The van der Waals surface area contributed by atoms with E-state index in [1.165, 1.54) is 0 Å². The number of hydrogen-bond donors (Lipinski definition) is 2. The predicted octanol–water partition coefficient (Wildman–Crippen LogP) is 4.19. The van der Waals surface area contributed by atoms with Crippen LogP contribution in [-0.4, -0.2) is 35.8 Å². The van der Waals surface area contributed by atoms with E-state index in [-0.39, 0.29) is 29.3 Å². The van der Waals surface area contributed by atoms with Crippen LogP contribution in [0.4, 0.5) is 0 Å². The Morgan fingerprint density at radius 1 is 1.07 bits per heavy atom. The lowest BCUT2D eigenvalue weighted by Crippen LogP contribution is -2.34. The SMILES string of the molecule is CCOC1c2c(O)cccc2C2=C3CCC(=O)c4c(O)ccc(c43)C2C1OC. The van der Waals surface area contributed by atoms with Crippen LogP contribution in [0.15, 0.2) is 30.3 Å². The summed E-state index contributed by atoms with van der Waals surface area (Å²) in [5, 5.41) is 21.1. The fourth-order valence-corrected chi connectivity index (χ4v) is 5.29. The number of allylic oxidation sites excluding steroid dienone is 1. The molecule has 5 nitrogen and oxygen atoms in total. The third kappa shape index (κ3) is 2.11. The number of carbonyl (C=O) groups is 1. The lowest BCUT2D eigenvalue weighted by Gasteiger charge is -2.39. The van der Waals surface area contributed by atoms with E-state index >= 15 is 0 Å². The number of methoxy groups -OCH3 is 1. The number of aromatic hydroxyl groups is 2. The third-order valence-corrected chi connectivity index (χ3v) is 6.27. The molecule has 0 aliphatic heterocycles. The molecule has 28 heavy (non-hydrogen) atoms. The number of benzene rings is 2. The molecule has 5 heteroatoms. The fourth-order valence-electron chi connectivity index (χ4n) is 5.29. The summed E-state index contributed by atoms with van der Waals surface area (Å²) in [6, 6.07) is 9.02. The maximum atomic E-state index is 12.6. The minimum absolute atomic E-state index is 0.0243. The summed E-state index contributed by atoms with van der Waals surface area (Å²) < 4.78 is 12.0. The first-order valence-corrected chi connectivity index (χ1v) is 9.67. The first-order chi connectivity index (χ1) is 13.6. The second-order valence-corrected chi connectivity index (χ2v) is 7.53. The molecule has 0 heterocycles. The zero-order valence-corrected chi connectivity index (χ0v) is 15.9. The number of rotatable bonds is 3. The van der Waals surface area contributed by atoms with E-state index in [0.717, 1.165) is 33.4 Å². The van der Waals surface area contributed by atoms with Gasteiger partial charge in [0.2, 0.25) is 0 Å². The Morgan fingerprint density at radius 2 is 1.89 bits per heavy atom. The Kier molecular flexibility index (Phi) is 3.86. The summed E-state index contributed by atoms with van der Waals surface area (Å²) in [7, 11) is 1.66. The molecule has 0 saturated heterocycles. The van der Waals surface area contributed by atoms with Gasteiger partial charge in [0.15, 0.2) is 5.78 Å². The highest BCUT2D eigenvalue weighted by Gasteiger charge is 2.49. The van der Waals surface area contributed by atoms with Gasteiger partial charge in [-0.1, -0.05) is 18.2 Å². The molecule has 0 saturated carbocycles. The second-order valence-electron chi connectivity index (χ2n) is 7.53. The van der Waals surface area contributed by atoms with Gasteiger partial charge in [-0.2, -0.15) is 0 Å². The molecule has 3 unspecified atom stereocenters. The van der Waals surface area contributed by atoms with Crippen molar-refractivity contribution in [1.29, 1.82) is 0 Å². The first kappa shape index (κ1) is 17.5. The summed E-state index contributed by atoms with van der Waals surface area (Å²) in [6.45, 7) is 2.41. The molecule has 5 rings (SSSR count). The number of carbonyl (C=O) groups excluding carboxylic acids is 1. The van der Waals surface area contributed by atoms with Crippen molar-refractivity contribution in [3.05, 3.63) is 58.1 Å². The van der Waals surface area contributed by atoms with Crippen LogP contribution in [0, 0.1) is 0 Å². The highest BCUT2D eigenvalue weighted by molar-refractivity contribution is 6.14. The molecule has 3 aliphatic rings. The van der Waals surface area contributed by atoms with E-state index in [1.807, 2.05) is 25.1 Å². The van der Waals surface area contributed by atoms with Crippen molar-refractivity contribution < 1.29 is 24.5 Å². The first-order valence-electron chi connectivity index (χ1n) is 9.67. The van der Waals surface area contributed by atoms with Crippen LogP contribution in [0.2, 0.25) is 0 Å². The van der Waals surface area contributed by atoms with Gasteiger partial charge in [0.25, 0.3) is 0 Å². The minimum Gasteiger partial charge on any atom is -0.508 e. The van der Waals surface area contributed by atoms with Crippen molar-refractivity contribution in [2.45, 2.75) is 37.9 Å². The van der Waals surface area contributed by atoms with Gasteiger partial charge in [-0.25, -0.2) is 0 Å². The minimum atomic E-state index is -0.416. The van der Waals surface area contributed by atoms with Gasteiger partial charge in [0.1, 0.15) is 17.6 Å². The molecule has 0 spiro atoms. The maximum absolute atomic E-state index is 12.6. The highest BCUT2D eigenvalue weighted by Crippen LogP contribution is 2.60. The summed E-state index contributed by atoms with van der Waals surface area (Å²) in [4.78, 5) is 12.6. The summed E-state index contributed by atoms with van der Waals surface area (Å²) in [6.07, 6.45) is 0.244. The molecule has 0 amide bonds. The van der Waals surface area contributed by atoms with Crippen LogP contribution in [-0.2, 0) is 9.47 Å². The van der Waals surface area contributed by atoms with Crippen molar-refractivity contribution >= 4 is 16.9 Å². The number of fused-ring (bicyclic) bond motifs is 4. The maximum Gasteiger partial charge on any atom is 0.167 e. The van der Waals surface area contributed by atoms with Crippen molar-refractivity contribution in [3.8, 4) is 11.5 Å². The third-order valence-electron chi connectivity index (χ3n) is 6.27. The zero-order valence-electron chi connectivity index (χ0n) is 15.9. The summed E-state index contributed by atoms with van der Waals surface area (Å²) in [5.74, 6) is 0.0945. The summed E-state index contributed by atoms with van der Waals surface area (Å²) >= 11 is 0. The van der Waals surface area contributed by atoms with Gasteiger partial charge in [-0.3, -0.25) is 4.79 Å². The molecule has 3 atom stereocenters. The highest BCUT2D eigenvalue weighted by atomic mass is 16.5. The van der Waals surface area contributed by atoms with Crippen molar-refractivity contribution in [2.24, 2.45) is 0 Å². The van der Waals surface area contributed by atoms with Crippen LogP contribution in [0.1, 0.15) is 64.4 Å². The number of ether oxygens (including phenoxy) is 2. The Balaban J connectivity index is 1.87. The number of phenols is 2. The monoisotopic (exact) mass is 378 g/mol. The largest absolute Gasteiger partial charge is 0.508 e. The van der Waals surface area contributed by atoms with Gasteiger partial charge >= 0.3 is 0 Å². The lowest BCUT2D eigenvalue weighted by molar-refractivity contribution is -0.0630. The van der Waals surface area contributed by atoms with Crippen LogP contribution < -0.4 is 0 Å². The van der Waals surface area contributed by atoms with E-state index in [0.29, 0.717) is 25.0 Å². The molecular formula is C23H22O5. The van der Waals surface area contributed by atoms with Crippen molar-refractivity contribution in [2.75, 3.05) is 13.7 Å². The Hall–Kier alpha value is -2.63. The fraction of sp³-hybridized carbons (Fsp3) is 0.348. The average molecular weight is 378 g/mol. The lowest BCUT2D eigenvalue weighted by atomic mass is 9.74. The molecule has 2 aromatic carbocycles. The Morgan fingerprint density at radius 3 is 2.64 bits per heavy atom. The molecule has 0 fully saturated rings. The van der Waals surface area contributed by atoms with Crippen molar-refractivity contribution in [1.82, 2.24) is 0 Å². The van der Waals surface area contributed by atoms with Crippen LogP contribution >= 0.6 is 0 Å². The van der Waals surface area contributed by atoms with Gasteiger partial charge in [-0.05, 0) is 53.3 Å². The van der Waals surface area contributed by atoms with E-state index in [2.05, 4.69) is 0 Å². The smallest absolute Gasteiger partial charge is 0.167 e. The average Bonchev–Trinajstić information content (AvgIpc) is 3.01. The van der Waals surface area contributed by atoms with Gasteiger partial charge < -0.3 is 19.7 Å². The number of hydrogen-bond acceptors (Lipinski definition) is 5. The number of phenolic OH excluding ortho intramolecular Hbond substituents is 2. The predicted molar refractivity (Wildman–Crippen MR) is 104 cm³/mol. The molecule has 144 valence electrons. The van der Waals surface area contributed by atoms with E-state index in [1.54, 1.807) is 19.2 Å². The van der Waals surface area contributed by atoms with E-state index < -0.39 is 6.10 Å². The number of Topliss-reactive ketones (excluding diaryl/α,β-unsaturated/α-hetero) is 1. The molecule has 0 bridgehead atoms. The van der Waals surface area contributed by atoms with E-state index in [9.17, 15) is 15.0 Å². The number of ketones is 1. The van der Waals surface area contributed by atoms with Crippen LogP contribution in [0.5, 0.6) is 11.5 Å². The quantitative estimate of drug-likeness (QED) is 0.838. The van der Waals surface area contributed by atoms with Gasteiger partial charge in [0.05, 0.1) is 11.7 Å². The van der Waals surface area contributed by atoms with E-state index in [4.69, 9.17) is 9.47 Å². The van der Waals surface area contributed by atoms with Crippen LogP contribution in [0.25, 0.3) is 11.1 Å². The van der Waals surface area contributed by atoms with Gasteiger partial charge in [0, 0.05) is 31.6 Å². The van der Waals surface area contributed by atoms with Crippen molar-refractivity contribution in [3.63, 3.8) is 0 Å². The van der Waals surface area contributed by atoms with Gasteiger partial charge in [-0.15, -0.1) is 0 Å². The Bertz CT molecular complexity index is 1040. The van der Waals surface area contributed by atoms with Crippen LogP contribution in [0.3, 0.4) is 0 Å². The summed E-state index contributed by atoms with van der Waals surface area (Å²) in [5.41, 5.74) is 6.12. The second kappa shape index (κ2) is 6.19. The normalized spacial score (nSPS) is 24.8. The molecule has 0 aromatic heterocycles. The molecular weight excluding hydrogens is 356 g/mol. The standard InChI is InChI=1S/C23H22O5/c1-3-28-23-19-11(5-4-6-14(19)24)17-12-7-9-15(25)21-16(26)10-8-13(18(12)21)20(17)22(23)27-2/h4-6,8,10,20,22-24,26H,3,7,9H2,1-2H3. The molecule has 3 aliphatic carbocycles. The zero-order chi connectivity index (χ0) is 19.6. The Labute approximate surface area is 163 Å². The molecule has 2 aromatic rings. The molecule has 2 N–H and O–H groups in total.